The van der Waals surface area contributed by atoms with E-state index in [0.29, 0.717) is 19.5 Å². The summed E-state index contributed by atoms with van der Waals surface area (Å²) < 4.78 is 7.27. The summed E-state index contributed by atoms with van der Waals surface area (Å²) in [4.78, 5) is 11.9. The van der Waals surface area contributed by atoms with Crippen LogP contribution in [0.4, 0.5) is 0 Å². The number of nitrogens with zero attached hydrogens (tertiary/aromatic N) is 1. The van der Waals surface area contributed by atoms with Gasteiger partial charge in [0.05, 0.1) is 13.5 Å². The molecule has 0 saturated carbocycles. The van der Waals surface area contributed by atoms with E-state index in [1.807, 2.05) is 60.3 Å². The van der Waals surface area contributed by atoms with Crippen LogP contribution in [0.3, 0.4) is 0 Å². The molecule has 2 aromatic rings. The molecule has 0 aliphatic carbocycles. The van der Waals surface area contributed by atoms with Gasteiger partial charge in [0.1, 0.15) is 5.75 Å². The van der Waals surface area contributed by atoms with Crippen molar-refractivity contribution >= 4 is 5.91 Å². The van der Waals surface area contributed by atoms with Crippen molar-refractivity contribution in [3.8, 4) is 5.75 Å². The number of hydrogen-bond donors (Lipinski definition) is 1. The van der Waals surface area contributed by atoms with Gasteiger partial charge in [-0.2, -0.15) is 0 Å². The third-order valence-electron chi connectivity index (χ3n) is 3.32. The molecule has 0 aliphatic rings. The Morgan fingerprint density at radius 1 is 1.18 bits per heavy atom. The molecule has 1 aromatic heterocycles. The minimum atomic E-state index is 0. The molecule has 0 fully saturated rings. The van der Waals surface area contributed by atoms with E-state index in [4.69, 9.17) is 4.74 Å². The predicted octanol–water partition coefficient (Wildman–Crippen LogP) is -0.998. The highest BCUT2D eigenvalue weighted by Gasteiger charge is 2.08. The number of nitrogens with one attached hydrogen (secondary N) is 1. The van der Waals surface area contributed by atoms with Crippen molar-refractivity contribution in [2.45, 2.75) is 26.4 Å². The Kier molecular flexibility index (Phi) is 7.60. The van der Waals surface area contributed by atoms with Crippen LogP contribution in [-0.4, -0.2) is 13.0 Å². The summed E-state index contributed by atoms with van der Waals surface area (Å²) in [6.45, 7) is 3.21. The highest BCUT2D eigenvalue weighted by Crippen LogP contribution is 2.16. The lowest BCUT2D eigenvalue weighted by atomic mass is 10.2. The Bertz CT molecular complexity index is 600. The fraction of sp³-hybridized carbons (Fsp3) is 0.294. The average Bonchev–Trinajstić information content (AvgIpc) is 2.52. The summed E-state index contributed by atoms with van der Waals surface area (Å²) in [5, 5.41) is 2.92. The molecule has 1 heterocycles. The van der Waals surface area contributed by atoms with Crippen molar-refractivity contribution in [2.24, 2.45) is 0 Å². The minimum Gasteiger partial charge on any atom is -1.00 e. The van der Waals surface area contributed by atoms with Crippen molar-refractivity contribution in [1.29, 1.82) is 0 Å². The van der Waals surface area contributed by atoms with Gasteiger partial charge in [-0.1, -0.05) is 18.2 Å². The third-order valence-corrected chi connectivity index (χ3v) is 3.32. The van der Waals surface area contributed by atoms with E-state index in [0.717, 1.165) is 11.3 Å². The van der Waals surface area contributed by atoms with Crippen molar-refractivity contribution in [1.82, 2.24) is 5.32 Å². The number of para-hydroxylation sites is 1. The smallest absolute Gasteiger partial charge is 0.226 e. The number of hydrogen-bond acceptors (Lipinski definition) is 2. The largest absolute Gasteiger partial charge is 1.00 e. The number of carbonyl (C=O) groups excluding carboxylic acids is 1. The Morgan fingerprint density at radius 2 is 1.86 bits per heavy atom. The predicted molar refractivity (Wildman–Crippen MR) is 80.8 cm³/mol. The van der Waals surface area contributed by atoms with E-state index < -0.39 is 0 Å². The van der Waals surface area contributed by atoms with Crippen LogP contribution < -0.4 is 31.6 Å². The van der Waals surface area contributed by atoms with Crippen LogP contribution >= 0.6 is 0 Å². The van der Waals surface area contributed by atoms with E-state index in [9.17, 15) is 4.79 Å². The maximum Gasteiger partial charge on any atom is 0.226 e. The quantitative estimate of drug-likeness (QED) is 0.668. The zero-order valence-electron chi connectivity index (χ0n) is 12.9. The molecule has 2 rings (SSSR count). The molecule has 0 unspecified atom stereocenters. The first-order valence-corrected chi connectivity index (χ1v) is 7.03. The normalized spacial score (nSPS) is 9.73. The average molecular weight is 365 g/mol. The summed E-state index contributed by atoms with van der Waals surface area (Å²) >= 11 is 0. The van der Waals surface area contributed by atoms with Gasteiger partial charge in [-0.25, -0.2) is 4.57 Å². The maximum atomic E-state index is 11.9. The van der Waals surface area contributed by atoms with E-state index in [-0.39, 0.29) is 22.9 Å². The Labute approximate surface area is 141 Å². The zero-order valence-corrected chi connectivity index (χ0v) is 14.5. The molecule has 0 atom stereocenters. The summed E-state index contributed by atoms with van der Waals surface area (Å²) in [6, 6.07) is 11.8. The van der Waals surface area contributed by atoms with Gasteiger partial charge in [-0.05, 0) is 18.6 Å². The molecule has 0 spiro atoms. The Balaban J connectivity index is 0.00000242. The van der Waals surface area contributed by atoms with Gasteiger partial charge in [0.25, 0.3) is 0 Å². The van der Waals surface area contributed by atoms with Crippen molar-refractivity contribution in [2.75, 3.05) is 7.11 Å². The lowest BCUT2D eigenvalue weighted by Gasteiger charge is -2.09. The number of aromatic nitrogens is 1. The zero-order chi connectivity index (χ0) is 15.1. The topological polar surface area (TPSA) is 42.2 Å². The SMILES string of the molecule is COc1ccccc1CNC(=O)CC[n+]1ccc(C)cc1.[Br-]. The standard InChI is InChI=1S/C17H20N2O2.BrH/c1-14-7-10-19(11-8-14)12-9-17(20)18-13-15-5-3-4-6-16(15)21-2;/h3-8,10-11H,9,12-13H2,1-2H3;1H. The molecule has 0 radical (unpaired) electrons. The van der Waals surface area contributed by atoms with Crippen molar-refractivity contribution < 1.29 is 31.1 Å². The van der Waals surface area contributed by atoms with Crippen LogP contribution in [0.1, 0.15) is 17.5 Å². The number of rotatable bonds is 6. The third kappa shape index (κ3) is 5.48. The van der Waals surface area contributed by atoms with Crippen molar-refractivity contribution in [3.05, 3.63) is 59.9 Å². The summed E-state index contributed by atoms with van der Waals surface area (Å²) in [5.41, 5.74) is 2.20. The lowest BCUT2D eigenvalue weighted by Crippen LogP contribution is -3.00. The molecule has 0 aliphatic heterocycles. The van der Waals surface area contributed by atoms with E-state index in [1.165, 1.54) is 5.56 Å². The monoisotopic (exact) mass is 364 g/mol. The van der Waals surface area contributed by atoms with Crippen LogP contribution in [0.2, 0.25) is 0 Å². The van der Waals surface area contributed by atoms with Crippen LogP contribution in [-0.2, 0) is 17.9 Å². The molecule has 118 valence electrons. The summed E-state index contributed by atoms with van der Waals surface area (Å²) in [5.74, 6) is 0.833. The van der Waals surface area contributed by atoms with Gasteiger partial charge >= 0.3 is 0 Å². The number of ether oxygens (including phenoxy) is 1. The van der Waals surface area contributed by atoms with Crippen LogP contribution in [0.5, 0.6) is 5.75 Å². The number of aryl methyl sites for hydroxylation is 2. The number of benzene rings is 1. The molecule has 1 aromatic carbocycles. The Morgan fingerprint density at radius 3 is 2.55 bits per heavy atom. The number of amides is 1. The van der Waals surface area contributed by atoms with Crippen LogP contribution in [0.25, 0.3) is 0 Å². The number of methoxy groups -OCH3 is 1. The maximum absolute atomic E-state index is 11.9. The fourth-order valence-electron chi connectivity index (χ4n) is 2.04. The number of halogens is 1. The number of pyridine rings is 1. The number of carbonyl (C=O) groups is 1. The molecular formula is C17H21BrN2O2. The molecule has 1 N–H and O–H groups in total. The second kappa shape index (κ2) is 9.20. The van der Waals surface area contributed by atoms with Crippen LogP contribution in [0, 0.1) is 6.92 Å². The van der Waals surface area contributed by atoms with Crippen LogP contribution in [0.15, 0.2) is 48.8 Å². The fourth-order valence-corrected chi connectivity index (χ4v) is 2.04. The molecule has 0 bridgehead atoms. The molecule has 4 nitrogen and oxygen atoms in total. The van der Waals surface area contributed by atoms with Gasteiger partial charge < -0.3 is 27.0 Å². The molecule has 5 heteroatoms. The minimum absolute atomic E-state index is 0. The van der Waals surface area contributed by atoms with E-state index in [1.54, 1.807) is 7.11 Å². The first-order chi connectivity index (χ1) is 10.2. The summed E-state index contributed by atoms with van der Waals surface area (Å²) in [6.07, 6.45) is 4.44. The van der Waals surface area contributed by atoms with Gasteiger partial charge in [0, 0.05) is 24.2 Å². The highest BCUT2D eigenvalue weighted by molar-refractivity contribution is 5.75. The van der Waals surface area contributed by atoms with E-state index in [2.05, 4.69) is 5.32 Å². The van der Waals surface area contributed by atoms with E-state index >= 15 is 0 Å². The van der Waals surface area contributed by atoms with Gasteiger partial charge in [-0.3, -0.25) is 4.79 Å². The second-order valence-corrected chi connectivity index (χ2v) is 4.95. The highest BCUT2D eigenvalue weighted by atomic mass is 79.9. The summed E-state index contributed by atoms with van der Waals surface area (Å²) in [7, 11) is 1.63. The lowest BCUT2D eigenvalue weighted by molar-refractivity contribution is -0.695. The molecular weight excluding hydrogens is 344 g/mol. The second-order valence-electron chi connectivity index (χ2n) is 4.95. The van der Waals surface area contributed by atoms with Gasteiger partial charge in [0.15, 0.2) is 18.9 Å². The van der Waals surface area contributed by atoms with Gasteiger partial charge in [-0.15, -0.1) is 0 Å². The molecule has 0 saturated heterocycles. The molecule has 1 amide bonds. The van der Waals surface area contributed by atoms with Gasteiger partial charge in [0.2, 0.25) is 5.91 Å². The Hall–Kier alpha value is -1.88. The first kappa shape index (κ1) is 18.2. The first-order valence-electron chi connectivity index (χ1n) is 7.03. The molecule has 22 heavy (non-hydrogen) atoms. The van der Waals surface area contributed by atoms with Crippen molar-refractivity contribution in [3.63, 3.8) is 0 Å².